The van der Waals surface area contributed by atoms with Crippen molar-refractivity contribution < 1.29 is 14.1 Å². The number of nitrogens with one attached hydrogen (secondary N) is 1. The molecule has 4 aromatic rings. The molecule has 1 heterocycles. The zero-order chi connectivity index (χ0) is 20.8. The summed E-state index contributed by atoms with van der Waals surface area (Å²) in [7, 11) is 0. The lowest BCUT2D eigenvalue weighted by molar-refractivity contribution is -0.123. The third kappa shape index (κ3) is 5.04. The number of benzene rings is 3. The van der Waals surface area contributed by atoms with E-state index < -0.39 is 0 Å². The van der Waals surface area contributed by atoms with E-state index in [-0.39, 0.29) is 12.5 Å². The van der Waals surface area contributed by atoms with Crippen LogP contribution in [0.5, 0.6) is 5.75 Å². The Balaban J connectivity index is 1.31. The second-order valence-corrected chi connectivity index (χ2v) is 6.95. The smallest absolute Gasteiger partial charge is 0.258 e. The summed E-state index contributed by atoms with van der Waals surface area (Å²) in [5.41, 5.74) is 2.58. The van der Waals surface area contributed by atoms with Crippen LogP contribution in [0.3, 0.4) is 0 Å². The number of aromatic nitrogens is 2. The normalized spacial score (nSPS) is 10.6. The third-order valence-electron chi connectivity index (χ3n) is 4.31. The molecule has 150 valence electrons. The van der Waals surface area contributed by atoms with Crippen LogP contribution >= 0.6 is 11.6 Å². The molecule has 0 spiro atoms. The lowest BCUT2D eigenvalue weighted by atomic mass is 10.2. The SMILES string of the molecule is O=C(COc1ccc(-c2nc(-c3ccccc3)no2)cc1)NCc1cccc(Cl)c1. The highest BCUT2D eigenvalue weighted by molar-refractivity contribution is 6.30. The van der Waals surface area contributed by atoms with Crippen molar-refractivity contribution in [3.05, 3.63) is 89.4 Å². The van der Waals surface area contributed by atoms with Gasteiger partial charge in [0.1, 0.15) is 5.75 Å². The number of halogens is 1. The molecule has 0 aliphatic heterocycles. The monoisotopic (exact) mass is 419 g/mol. The highest BCUT2D eigenvalue weighted by Gasteiger charge is 2.11. The highest BCUT2D eigenvalue weighted by Crippen LogP contribution is 2.24. The largest absolute Gasteiger partial charge is 0.484 e. The standard InChI is InChI=1S/C23H18ClN3O3/c24-19-8-4-5-16(13-19)14-25-21(28)15-29-20-11-9-18(10-12-20)23-26-22(27-30-23)17-6-2-1-3-7-17/h1-13H,14-15H2,(H,25,28). The first-order valence-electron chi connectivity index (χ1n) is 9.31. The first kappa shape index (κ1) is 19.7. The summed E-state index contributed by atoms with van der Waals surface area (Å²) in [6.07, 6.45) is 0. The number of ether oxygens (including phenoxy) is 1. The molecule has 0 fully saturated rings. The molecule has 0 saturated heterocycles. The predicted molar refractivity (Wildman–Crippen MR) is 114 cm³/mol. The van der Waals surface area contributed by atoms with Gasteiger partial charge in [0.25, 0.3) is 11.8 Å². The third-order valence-corrected chi connectivity index (χ3v) is 4.54. The van der Waals surface area contributed by atoms with E-state index in [1.807, 2.05) is 60.7 Å². The average Bonchev–Trinajstić information content (AvgIpc) is 3.28. The lowest BCUT2D eigenvalue weighted by Crippen LogP contribution is -2.28. The molecule has 6 nitrogen and oxygen atoms in total. The minimum absolute atomic E-state index is 0.0847. The molecule has 0 atom stereocenters. The number of carbonyl (C=O) groups is 1. The fraction of sp³-hybridized carbons (Fsp3) is 0.0870. The highest BCUT2D eigenvalue weighted by atomic mass is 35.5. The maximum atomic E-state index is 12.0. The van der Waals surface area contributed by atoms with Gasteiger partial charge in [0.15, 0.2) is 6.61 Å². The summed E-state index contributed by atoms with van der Waals surface area (Å²) < 4.78 is 10.9. The van der Waals surface area contributed by atoms with Gasteiger partial charge >= 0.3 is 0 Å². The van der Waals surface area contributed by atoms with Crippen molar-refractivity contribution in [2.45, 2.75) is 6.54 Å². The minimum atomic E-state index is -0.219. The number of nitrogens with zero attached hydrogens (tertiary/aromatic N) is 2. The summed E-state index contributed by atoms with van der Waals surface area (Å²) in [5.74, 6) is 1.30. The molecule has 0 saturated carbocycles. The van der Waals surface area contributed by atoms with Gasteiger partial charge in [-0.3, -0.25) is 4.79 Å². The van der Waals surface area contributed by atoms with Crippen LogP contribution in [0.1, 0.15) is 5.56 Å². The summed E-state index contributed by atoms with van der Waals surface area (Å²) in [6.45, 7) is 0.307. The van der Waals surface area contributed by atoms with Crippen molar-refractivity contribution in [1.29, 1.82) is 0 Å². The van der Waals surface area contributed by atoms with Gasteiger partial charge in [-0.2, -0.15) is 4.98 Å². The molecule has 0 unspecified atom stereocenters. The van der Waals surface area contributed by atoms with Gasteiger partial charge in [-0.15, -0.1) is 0 Å². The van der Waals surface area contributed by atoms with Crippen molar-refractivity contribution >= 4 is 17.5 Å². The van der Waals surface area contributed by atoms with Gasteiger partial charge in [0, 0.05) is 22.7 Å². The molecule has 4 rings (SSSR count). The summed E-state index contributed by atoms with van der Waals surface area (Å²) in [4.78, 5) is 16.4. The molecular weight excluding hydrogens is 402 g/mol. The molecule has 30 heavy (non-hydrogen) atoms. The molecule has 0 radical (unpaired) electrons. The van der Waals surface area contributed by atoms with Crippen molar-refractivity contribution in [3.8, 4) is 28.6 Å². The van der Waals surface area contributed by atoms with E-state index in [4.69, 9.17) is 20.9 Å². The molecule has 3 aromatic carbocycles. The molecule has 7 heteroatoms. The van der Waals surface area contributed by atoms with E-state index in [0.29, 0.717) is 29.0 Å². The summed E-state index contributed by atoms with van der Waals surface area (Å²) >= 11 is 5.94. The van der Waals surface area contributed by atoms with Gasteiger partial charge in [-0.1, -0.05) is 59.2 Å². The Labute approximate surface area is 178 Å². The van der Waals surface area contributed by atoms with Crippen molar-refractivity contribution in [2.75, 3.05) is 6.61 Å². The van der Waals surface area contributed by atoms with Crippen molar-refractivity contribution in [3.63, 3.8) is 0 Å². The summed E-state index contributed by atoms with van der Waals surface area (Å²) in [6, 6.07) is 24.1. The Bertz CT molecular complexity index is 1130. The first-order valence-corrected chi connectivity index (χ1v) is 9.69. The number of amides is 1. The second kappa shape index (κ2) is 9.24. The van der Waals surface area contributed by atoms with Crippen LogP contribution in [0, 0.1) is 0 Å². The van der Waals surface area contributed by atoms with Gasteiger partial charge < -0.3 is 14.6 Å². The average molecular weight is 420 g/mol. The van der Waals surface area contributed by atoms with Crippen LogP contribution in [0.15, 0.2) is 83.4 Å². The zero-order valence-electron chi connectivity index (χ0n) is 15.9. The van der Waals surface area contributed by atoms with Crippen LogP contribution in [-0.4, -0.2) is 22.7 Å². The molecule has 0 aliphatic carbocycles. The Morgan fingerprint density at radius 2 is 1.77 bits per heavy atom. The van der Waals surface area contributed by atoms with E-state index in [1.165, 1.54) is 0 Å². The van der Waals surface area contributed by atoms with Gasteiger partial charge in [0.2, 0.25) is 5.82 Å². The molecule has 1 amide bonds. The van der Waals surface area contributed by atoms with Crippen molar-refractivity contribution in [2.24, 2.45) is 0 Å². The number of hydrogen-bond donors (Lipinski definition) is 1. The van der Waals surface area contributed by atoms with E-state index in [1.54, 1.807) is 18.2 Å². The second-order valence-electron chi connectivity index (χ2n) is 6.51. The maximum Gasteiger partial charge on any atom is 0.258 e. The molecule has 1 aromatic heterocycles. The Morgan fingerprint density at radius 3 is 2.53 bits per heavy atom. The van der Waals surface area contributed by atoms with Crippen LogP contribution in [0.25, 0.3) is 22.8 Å². The number of rotatable bonds is 7. The van der Waals surface area contributed by atoms with Gasteiger partial charge in [0.05, 0.1) is 0 Å². The van der Waals surface area contributed by atoms with Crippen LogP contribution in [-0.2, 0) is 11.3 Å². The van der Waals surface area contributed by atoms with Gasteiger partial charge in [-0.25, -0.2) is 0 Å². The molecule has 1 N–H and O–H groups in total. The van der Waals surface area contributed by atoms with Crippen LogP contribution in [0.2, 0.25) is 5.02 Å². The topological polar surface area (TPSA) is 77.2 Å². The minimum Gasteiger partial charge on any atom is -0.484 e. The van der Waals surface area contributed by atoms with Gasteiger partial charge in [-0.05, 0) is 42.0 Å². The Kier molecular flexibility index (Phi) is 6.06. The number of hydrogen-bond acceptors (Lipinski definition) is 5. The fourth-order valence-corrected chi connectivity index (χ4v) is 3.00. The predicted octanol–water partition coefficient (Wildman–Crippen LogP) is 4.75. The van der Waals surface area contributed by atoms with E-state index in [2.05, 4.69) is 15.5 Å². The quantitative estimate of drug-likeness (QED) is 0.467. The first-order chi connectivity index (χ1) is 14.7. The fourth-order valence-electron chi connectivity index (χ4n) is 2.79. The summed E-state index contributed by atoms with van der Waals surface area (Å²) in [5, 5.41) is 7.45. The van der Waals surface area contributed by atoms with E-state index in [0.717, 1.165) is 16.7 Å². The van der Waals surface area contributed by atoms with Crippen molar-refractivity contribution in [1.82, 2.24) is 15.5 Å². The number of carbonyl (C=O) groups excluding carboxylic acids is 1. The Hall–Kier alpha value is -3.64. The van der Waals surface area contributed by atoms with E-state index in [9.17, 15) is 4.79 Å². The van der Waals surface area contributed by atoms with Crippen LogP contribution in [0.4, 0.5) is 0 Å². The van der Waals surface area contributed by atoms with Crippen LogP contribution < -0.4 is 10.1 Å². The molecule has 0 bridgehead atoms. The lowest BCUT2D eigenvalue weighted by Gasteiger charge is -2.08. The Morgan fingerprint density at radius 1 is 0.967 bits per heavy atom. The molecular formula is C23H18ClN3O3. The molecule has 0 aliphatic rings. The maximum absolute atomic E-state index is 12.0. The van der Waals surface area contributed by atoms with E-state index >= 15 is 0 Å². The zero-order valence-corrected chi connectivity index (χ0v) is 16.7.